The lowest BCUT2D eigenvalue weighted by molar-refractivity contribution is -0.123. The largest absolute Gasteiger partial charge is 0.374 e. The van der Waals surface area contributed by atoms with Gasteiger partial charge in [-0.2, -0.15) is 0 Å². The number of Topliss-reactive ketones (excluding diaryl/α,β-unsaturated/α-hetero) is 1. The van der Waals surface area contributed by atoms with Crippen LogP contribution in [-0.2, 0) is 16.0 Å². The van der Waals surface area contributed by atoms with E-state index in [0.29, 0.717) is 13.0 Å². The topological polar surface area (TPSA) is 26.3 Å². The second-order valence-electron chi connectivity index (χ2n) is 3.53. The Kier molecular flexibility index (Phi) is 5.71. The summed E-state index contributed by atoms with van der Waals surface area (Å²) in [7, 11) is 0. The second-order valence-corrected chi connectivity index (χ2v) is 3.53. The van der Waals surface area contributed by atoms with Crippen molar-refractivity contribution in [2.75, 3.05) is 13.2 Å². The van der Waals surface area contributed by atoms with Gasteiger partial charge >= 0.3 is 0 Å². The molecule has 0 bridgehead atoms. The highest BCUT2D eigenvalue weighted by atomic mass is 16.5. The molecular weight excluding hydrogens is 188 g/mol. The SMILES string of the molecule is CCC(=O)COCCCc1ccccc1. The quantitative estimate of drug-likeness (QED) is 0.641. The van der Waals surface area contributed by atoms with Crippen LogP contribution in [0.15, 0.2) is 30.3 Å². The molecule has 0 unspecified atom stereocenters. The number of rotatable bonds is 7. The molecule has 15 heavy (non-hydrogen) atoms. The predicted molar refractivity (Wildman–Crippen MR) is 60.9 cm³/mol. The van der Waals surface area contributed by atoms with Crippen LogP contribution in [0, 0.1) is 0 Å². The molecule has 0 saturated carbocycles. The van der Waals surface area contributed by atoms with Crippen molar-refractivity contribution in [2.45, 2.75) is 26.2 Å². The first-order chi connectivity index (χ1) is 7.33. The van der Waals surface area contributed by atoms with Gasteiger partial charge in [-0.05, 0) is 18.4 Å². The zero-order valence-electron chi connectivity index (χ0n) is 9.24. The highest BCUT2D eigenvalue weighted by Crippen LogP contribution is 2.02. The maximum Gasteiger partial charge on any atom is 0.158 e. The maximum absolute atomic E-state index is 10.9. The van der Waals surface area contributed by atoms with Crippen LogP contribution in [0.4, 0.5) is 0 Å². The van der Waals surface area contributed by atoms with E-state index < -0.39 is 0 Å². The Morgan fingerprint density at radius 1 is 1.27 bits per heavy atom. The van der Waals surface area contributed by atoms with Gasteiger partial charge in [-0.3, -0.25) is 4.79 Å². The van der Waals surface area contributed by atoms with Gasteiger partial charge in [0.2, 0.25) is 0 Å². The summed E-state index contributed by atoms with van der Waals surface area (Å²) in [5.41, 5.74) is 1.32. The summed E-state index contributed by atoms with van der Waals surface area (Å²) < 4.78 is 5.26. The van der Waals surface area contributed by atoms with Crippen molar-refractivity contribution in [1.29, 1.82) is 0 Å². The van der Waals surface area contributed by atoms with E-state index in [1.165, 1.54) is 5.56 Å². The molecule has 0 saturated heterocycles. The number of ether oxygens (including phenoxy) is 1. The van der Waals surface area contributed by atoms with Gasteiger partial charge in [0.15, 0.2) is 5.78 Å². The molecule has 1 rings (SSSR count). The molecular formula is C13H18O2. The molecule has 0 aliphatic heterocycles. The minimum Gasteiger partial charge on any atom is -0.374 e. The predicted octanol–water partition coefficient (Wildman–Crippen LogP) is 2.61. The van der Waals surface area contributed by atoms with Gasteiger partial charge in [0.25, 0.3) is 0 Å². The third kappa shape index (κ3) is 5.33. The molecule has 1 aromatic rings. The van der Waals surface area contributed by atoms with E-state index in [1.54, 1.807) is 0 Å². The van der Waals surface area contributed by atoms with Crippen molar-refractivity contribution >= 4 is 5.78 Å². The molecule has 2 heteroatoms. The summed E-state index contributed by atoms with van der Waals surface area (Å²) in [4.78, 5) is 10.9. The summed E-state index contributed by atoms with van der Waals surface area (Å²) in [6.07, 6.45) is 2.56. The Morgan fingerprint density at radius 3 is 2.67 bits per heavy atom. The molecule has 0 aliphatic rings. The number of ketones is 1. The number of benzene rings is 1. The Hall–Kier alpha value is -1.15. The summed E-state index contributed by atoms with van der Waals surface area (Å²) in [6.45, 7) is 2.79. The standard InChI is InChI=1S/C13H18O2/c1-2-13(14)11-15-10-6-9-12-7-4-3-5-8-12/h3-5,7-8H,2,6,9-11H2,1H3. The van der Waals surface area contributed by atoms with Crippen LogP contribution in [0.2, 0.25) is 0 Å². The molecule has 0 atom stereocenters. The molecule has 0 spiro atoms. The first-order valence-electron chi connectivity index (χ1n) is 5.46. The maximum atomic E-state index is 10.9. The van der Waals surface area contributed by atoms with Crippen molar-refractivity contribution in [3.63, 3.8) is 0 Å². The molecule has 0 fully saturated rings. The molecule has 0 N–H and O–H groups in total. The van der Waals surface area contributed by atoms with E-state index in [4.69, 9.17) is 4.74 Å². The van der Waals surface area contributed by atoms with E-state index in [2.05, 4.69) is 12.1 Å². The lowest BCUT2D eigenvalue weighted by Crippen LogP contribution is -2.08. The van der Waals surface area contributed by atoms with Crippen LogP contribution in [0.25, 0.3) is 0 Å². The van der Waals surface area contributed by atoms with Crippen LogP contribution in [0.1, 0.15) is 25.3 Å². The third-order valence-electron chi connectivity index (χ3n) is 2.25. The molecule has 0 aliphatic carbocycles. The van der Waals surface area contributed by atoms with E-state index in [0.717, 1.165) is 12.8 Å². The third-order valence-corrected chi connectivity index (χ3v) is 2.25. The molecule has 0 radical (unpaired) electrons. The Labute approximate surface area is 91.3 Å². The minimum absolute atomic E-state index is 0.176. The fourth-order valence-electron chi connectivity index (χ4n) is 1.31. The highest BCUT2D eigenvalue weighted by molar-refractivity contribution is 5.79. The van der Waals surface area contributed by atoms with Crippen molar-refractivity contribution in [3.05, 3.63) is 35.9 Å². The normalized spacial score (nSPS) is 10.2. The monoisotopic (exact) mass is 206 g/mol. The first-order valence-corrected chi connectivity index (χ1v) is 5.46. The van der Waals surface area contributed by atoms with Crippen LogP contribution in [0.3, 0.4) is 0 Å². The molecule has 0 aromatic heterocycles. The van der Waals surface area contributed by atoms with Crippen LogP contribution in [0.5, 0.6) is 0 Å². The Balaban J connectivity index is 2.05. The van der Waals surface area contributed by atoms with Gasteiger partial charge in [-0.1, -0.05) is 37.3 Å². The number of hydrogen-bond acceptors (Lipinski definition) is 2. The molecule has 0 heterocycles. The Bertz CT molecular complexity index is 280. The van der Waals surface area contributed by atoms with Crippen LogP contribution < -0.4 is 0 Å². The summed E-state index contributed by atoms with van der Waals surface area (Å²) in [5.74, 6) is 0.176. The van der Waals surface area contributed by atoms with Crippen molar-refractivity contribution < 1.29 is 9.53 Å². The zero-order chi connectivity index (χ0) is 10.9. The van der Waals surface area contributed by atoms with E-state index in [9.17, 15) is 4.79 Å². The van der Waals surface area contributed by atoms with Crippen LogP contribution in [-0.4, -0.2) is 19.0 Å². The summed E-state index contributed by atoms with van der Waals surface area (Å²) >= 11 is 0. The van der Waals surface area contributed by atoms with Gasteiger partial charge in [-0.15, -0.1) is 0 Å². The number of carbonyl (C=O) groups is 1. The lowest BCUT2D eigenvalue weighted by atomic mass is 10.1. The summed E-state index contributed by atoms with van der Waals surface area (Å²) in [5, 5.41) is 0. The first kappa shape index (κ1) is 11.9. The lowest BCUT2D eigenvalue weighted by Gasteiger charge is -2.02. The summed E-state index contributed by atoms with van der Waals surface area (Å²) in [6, 6.07) is 10.3. The van der Waals surface area contributed by atoms with Gasteiger partial charge in [0.1, 0.15) is 6.61 Å². The average molecular weight is 206 g/mol. The van der Waals surface area contributed by atoms with Gasteiger partial charge < -0.3 is 4.74 Å². The van der Waals surface area contributed by atoms with Crippen molar-refractivity contribution in [3.8, 4) is 0 Å². The minimum atomic E-state index is 0.176. The molecule has 82 valence electrons. The number of hydrogen-bond donors (Lipinski definition) is 0. The fraction of sp³-hybridized carbons (Fsp3) is 0.462. The van der Waals surface area contributed by atoms with E-state index >= 15 is 0 Å². The number of carbonyl (C=O) groups excluding carboxylic acids is 1. The van der Waals surface area contributed by atoms with Crippen LogP contribution >= 0.6 is 0 Å². The van der Waals surface area contributed by atoms with Gasteiger partial charge in [0, 0.05) is 13.0 Å². The highest BCUT2D eigenvalue weighted by Gasteiger charge is 1.97. The Morgan fingerprint density at radius 2 is 2.00 bits per heavy atom. The zero-order valence-corrected chi connectivity index (χ0v) is 9.24. The van der Waals surface area contributed by atoms with E-state index in [-0.39, 0.29) is 12.4 Å². The second kappa shape index (κ2) is 7.18. The van der Waals surface area contributed by atoms with E-state index in [1.807, 2.05) is 25.1 Å². The fourth-order valence-corrected chi connectivity index (χ4v) is 1.31. The molecule has 1 aromatic carbocycles. The average Bonchev–Trinajstić information content (AvgIpc) is 2.29. The van der Waals surface area contributed by atoms with Gasteiger partial charge in [-0.25, -0.2) is 0 Å². The van der Waals surface area contributed by atoms with Crippen molar-refractivity contribution in [1.82, 2.24) is 0 Å². The number of aryl methyl sites for hydroxylation is 1. The van der Waals surface area contributed by atoms with Crippen molar-refractivity contribution in [2.24, 2.45) is 0 Å². The smallest absolute Gasteiger partial charge is 0.158 e. The van der Waals surface area contributed by atoms with Gasteiger partial charge in [0.05, 0.1) is 0 Å². The molecule has 2 nitrogen and oxygen atoms in total. The molecule has 0 amide bonds.